The Labute approximate surface area is 108 Å². The Morgan fingerprint density at radius 2 is 1.67 bits per heavy atom. The molecule has 0 fully saturated rings. The van der Waals surface area contributed by atoms with Crippen LogP contribution in [-0.2, 0) is 6.42 Å². The summed E-state index contributed by atoms with van der Waals surface area (Å²) in [5.41, 5.74) is 3.12. The average molecular weight is 236 g/mol. The van der Waals surface area contributed by atoms with Gasteiger partial charge in [-0.2, -0.15) is 0 Å². The standard InChI is InChI=1S/C17H16O/c1-14-8-5-6-12-16(14)17(18)13-7-11-15-9-3-2-4-10-15/h2-6,8-10,12,17-18H,11H2,1H3. The van der Waals surface area contributed by atoms with E-state index in [4.69, 9.17) is 0 Å². The predicted molar refractivity (Wildman–Crippen MR) is 74.1 cm³/mol. The lowest BCUT2D eigenvalue weighted by Gasteiger charge is -2.06. The number of aryl methyl sites for hydroxylation is 1. The minimum absolute atomic E-state index is 0.670. The summed E-state index contributed by atoms with van der Waals surface area (Å²) in [5, 5.41) is 10.0. The van der Waals surface area contributed by atoms with Crippen molar-refractivity contribution in [2.24, 2.45) is 0 Å². The van der Waals surface area contributed by atoms with Crippen molar-refractivity contribution < 1.29 is 5.11 Å². The Morgan fingerprint density at radius 3 is 2.39 bits per heavy atom. The first kappa shape index (κ1) is 12.4. The minimum Gasteiger partial charge on any atom is -0.376 e. The maximum absolute atomic E-state index is 10.0. The fourth-order valence-electron chi connectivity index (χ4n) is 1.82. The Bertz CT molecular complexity index is 561. The topological polar surface area (TPSA) is 20.2 Å². The molecule has 0 amide bonds. The maximum Gasteiger partial charge on any atom is 0.140 e. The second-order valence-electron chi connectivity index (χ2n) is 4.24. The van der Waals surface area contributed by atoms with E-state index in [2.05, 4.69) is 11.8 Å². The van der Waals surface area contributed by atoms with Gasteiger partial charge in [0, 0.05) is 6.42 Å². The molecule has 1 heteroatoms. The van der Waals surface area contributed by atoms with Crippen LogP contribution in [0, 0.1) is 18.8 Å². The molecule has 0 heterocycles. The van der Waals surface area contributed by atoms with Gasteiger partial charge in [-0.05, 0) is 23.6 Å². The van der Waals surface area contributed by atoms with Crippen LogP contribution in [0.2, 0.25) is 0 Å². The van der Waals surface area contributed by atoms with Crippen LogP contribution in [0.1, 0.15) is 22.8 Å². The zero-order valence-corrected chi connectivity index (χ0v) is 10.4. The van der Waals surface area contributed by atoms with Gasteiger partial charge in [0.2, 0.25) is 0 Å². The van der Waals surface area contributed by atoms with Gasteiger partial charge in [0.1, 0.15) is 6.10 Å². The maximum atomic E-state index is 10.0. The molecule has 0 saturated carbocycles. The number of benzene rings is 2. The monoisotopic (exact) mass is 236 g/mol. The zero-order chi connectivity index (χ0) is 12.8. The molecular formula is C17H16O. The number of aliphatic hydroxyl groups is 1. The second kappa shape index (κ2) is 6.05. The van der Waals surface area contributed by atoms with Crippen molar-refractivity contribution in [1.29, 1.82) is 0 Å². The molecule has 0 aliphatic carbocycles. The molecule has 1 unspecified atom stereocenters. The zero-order valence-electron chi connectivity index (χ0n) is 10.4. The SMILES string of the molecule is Cc1ccccc1C(O)C#CCc1ccccc1. The van der Waals surface area contributed by atoms with Gasteiger partial charge in [-0.1, -0.05) is 66.4 Å². The molecule has 0 spiro atoms. The van der Waals surface area contributed by atoms with Crippen molar-refractivity contribution in [3.05, 3.63) is 71.3 Å². The highest BCUT2D eigenvalue weighted by molar-refractivity contribution is 5.33. The average Bonchev–Trinajstić information content (AvgIpc) is 2.40. The third-order valence-corrected chi connectivity index (χ3v) is 2.86. The van der Waals surface area contributed by atoms with Crippen LogP contribution in [0.3, 0.4) is 0 Å². The third-order valence-electron chi connectivity index (χ3n) is 2.86. The van der Waals surface area contributed by atoms with Gasteiger partial charge in [0.05, 0.1) is 0 Å². The summed E-state index contributed by atoms with van der Waals surface area (Å²) in [6, 6.07) is 17.8. The molecular weight excluding hydrogens is 220 g/mol. The third kappa shape index (κ3) is 3.23. The van der Waals surface area contributed by atoms with Crippen LogP contribution in [0.5, 0.6) is 0 Å². The van der Waals surface area contributed by atoms with Crippen molar-refractivity contribution in [2.45, 2.75) is 19.4 Å². The van der Waals surface area contributed by atoms with Gasteiger partial charge in [-0.3, -0.25) is 0 Å². The van der Waals surface area contributed by atoms with Crippen molar-refractivity contribution >= 4 is 0 Å². The molecule has 2 rings (SSSR count). The lowest BCUT2D eigenvalue weighted by Crippen LogP contribution is -1.96. The number of rotatable bonds is 2. The van der Waals surface area contributed by atoms with Gasteiger partial charge in [0.25, 0.3) is 0 Å². The molecule has 0 radical (unpaired) electrons. The van der Waals surface area contributed by atoms with E-state index in [-0.39, 0.29) is 0 Å². The highest BCUT2D eigenvalue weighted by atomic mass is 16.3. The van der Waals surface area contributed by atoms with Crippen LogP contribution >= 0.6 is 0 Å². The molecule has 0 aromatic heterocycles. The van der Waals surface area contributed by atoms with E-state index in [0.29, 0.717) is 6.42 Å². The number of aliphatic hydroxyl groups excluding tert-OH is 1. The largest absolute Gasteiger partial charge is 0.376 e. The summed E-state index contributed by atoms with van der Waals surface area (Å²) >= 11 is 0. The molecule has 0 saturated heterocycles. The molecule has 0 aliphatic rings. The van der Waals surface area contributed by atoms with Crippen molar-refractivity contribution in [3.63, 3.8) is 0 Å². The van der Waals surface area contributed by atoms with Crippen LogP contribution < -0.4 is 0 Å². The Kier molecular flexibility index (Phi) is 4.17. The summed E-state index contributed by atoms with van der Waals surface area (Å²) in [7, 11) is 0. The van der Waals surface area contributed by atoms with E-state index in [0.717, 1.165) is 11.1 Å². The summed E-state index contributed by atoms with van der Waals surface area (Å²) in [6.07, 6.45) is -0.0287. The van der Waals surface area contributed by atoms with Crippen molar-refractivity contribution in [2.75, 3.05) is 0 Å². The molecule has 2 aromatic rings. The minimum atomic E-state index is -0.699. The molecule has 90 valence electrons. The predicted octanol–water partition coefficient (Wildman–Crippen LogP) is 3.27. The van der Waals surface area contributed by atoms with Gasteiger partial charge in [0.15, 0.2) is 0 Å². The van der Waals surface area contributed by atoms with E-state index in [1.807, 2.05) is 61.5 Å². The van der Waals surface area contributed by atoms with Crippen LogP contribution in [0.4, 0.5) is 0 Å². The van der Waals surface area contributed by atoms with Crippen molar-refractivity contribution in [3.8, 4) is 11.8 Å². The van der Waals surface area contributed by atoms with Gasteiger partial charge in [-0.15, -0.1) is 0 Å². The molecule has 0 bridgehead atoms. The van der Waals surface area contributed by atoms with E-state index in [9.17, 15) is 5.11 Å². The van der Waals surface area contributed by atoms with Crippen LogP contribution in [0.25, 0.3) is 0 Å². The van der Waals surface area contributed by atoms with E-state index >= 15 is 0 Å². The van der Waals surface area contributed by atoms with E-state index < -0.39 is 6.10 Å². The highest BCUT2D eigenvalue weighted by Crippen LogP contribution is 2.16. The lowest BCUT2D eigenvalue weighted by molar-refractivity contribution is 0.237. The Hall–Kier alpha value is -2.04. The van der Waals surface area contributed by atoms with Crippen LogP contribution in [-0.4, -0.2) is 5.11 Å². The van der Waals surface area contributed by atoms with Gasteiger partial charge < -0.3 is 5.11 Å². The quantitative estimate of drug-likeness (QED) is 0.793. The Morgan fingerprint density at radius 1 is 1.00 bits per heavy atom. The normalized spacial score (nSPS) is 11.4. The van der Waals surface area contributed by atoms with Crippen LogP contribution in [0.15, 0.2) is 54.6 Å². The summed E-state index contributed by atoms with van der Waals surface area (Å²) in [6.45, 7) is 1.98. The molecule has 1 nitrogen and oxygen atoms in total. The van der Waals surface area contributed by atoms with E-state index in [1.54, 1.807) is 0 Å². The Balaban J connectivity index is 2.05. The smallest absolute Gasteiger partial charge is 0.140 e. The molecule has 2 aromatic carbocycles. The number of hydrogen-bond acceptors (Lipinski definition) is 1. The first-order valence-electron chi connectivity index (χ1n) is 6.03. The van der Waals surface area contributed by atoms with Gasteiger partial charge in [-0.25, -0.2) is 0 Å². The van der Waals surface area contributed by atoms with E-state index in [1.165, 1.54) is 5.56 Å². The fourth-order valence-corrected chi connectivity index (χ4v) is 1.82. The fraction of sp³-hybridized carbons (Fsp3) is 0.176. The molecule has 18 heavy (non-hydrogen) atoms. The lowest BCUT2D eigenvalue weighted by atomic mass is 10.0. The summed E-state index contributed by atoms with van der Waals surface area (Å²) in [5.74, 6) is 5.92. The summed E-state index contributed by atoms with van der Waals surface area (Å²) < 4.78 is 0. The van der Waals surface area contributed by atoms with Gasteiger partial charge >= 0.3 is 0 Å². The second-order valence-corrected chi connectivity index (χ2v) is 4.24. The molecule has 1 N–H and O–H groups in total. The summed E-state index contributed by atoms with van der Waals surface area (Å²) in [4.78, 5) is 0. The molecule has 1 atom stereocenters. The highest BCUT2D eigenvalue weighted by Gasteiger charge is 2.05. The number of hydrogen-bond donors (Lipinski definition) is 1. The first-order valence-corrected chi connectivity index (χ1v) is 6.03. The van der Waals surface area contributed by atoms with Crippen molar-refractivity contribution in [1.82, 2.24) is 0 Å². The molecule has 0 aliphatic heterocycles. The first-order chi connectivity index (χ1) is 8.77.